The van der Waals surface area contributed by atoms with Crippen LogP contribution in [-0.4, -0.2) is 16.9 Å². The van der Waals surface area contributed by atoms with Gasteiger partial charge in [0.1, 0.15) is 11.7 Å². The molecule has 2 heterocycles. The third-order valence-corrected chi connectivity index (χ3v) is 5.05. The quantitative estimate of drug-likeness (QED) is 0.777. The number of hydrogen-bond donors (Lipinski definition) is 0. The Labute approximate surface area is 128 Å². The molecule has 2 aliphatic rings. The largest absolute Gasteiger partial charge is 0.480 e. The Hall–Kier alpha value is -1.27. The minimum atomic E-state index is 0.141. The van der Waals surface area contributed by atoms with E-state index >= 15 is 0 Å². The first kappa shape index (κ1) is 12.5. The van der Waals surface area contributed by atoms with Crippen molar-refractivity contribution in [1.82, 2.24) is 5.16 Å². The summed E-state index contributed by atoms with van der Waals surface area (Å²) in [7, 11) is 0. The molecule has 4 nitrogen and oxygen atoms in total. The molecular formula is C14H10BrNO3S. The monoisotopic (exact) mass is 351 g/mol. The van der Waals surface area contributed by atoms with Crippen LogP contribution in [0.2, 0.25) is 0 Å². The predicted molar refractivity (Wildman–Crippen MR) is 78.0 cm³/mol. The maximum atomic E-state index is 12.3. The molecule has 0 radical (unpaired) electrons. The smallest absolute Gasteiger partial charge is 0.178 e. The molecule has 0 amide bonds. The van der Waals surface area contributed by atoms with Crippen LogP contribution >= 0.6 is 27.7 Å². The number of halogens is 1. The molecule has 0 unspecified atom stereocenters. The second-order valence-electron chi connectivity index (χ2n) is 4.87. The lowest BCUT2D eigenvalue weighted by molar-refractivity contribution is 0.0968. The fraction of sp³-hybridized carbons (Fsp3) is 0.286. The molecule has 0 spiro atoms. The molecule has 4 rings (SSSR count). The minimum absolute atomic E-state index is 0.141. The highest BCUT2D eigenvalue weighted by atomic mass is 79.9. The van der Waals surface area contributed by atoms with Gasteiger partial charge in [-0.2, -0.15) is 0 Å². The first-order valence-electron chi connectivity index (χ1n) is 6.33. The summed E-state index contributed by atoms with van der Waals surface area (Å²) in [5, 5.41) is 3.82. The molecule has 1 aromatic carbocycles. The highest BCUT2D eigenvalue weighted by Crippen LogP contribution is 2.48. The Bertz CT molecular complexity index is 708. The van der Waals surface area contributed by atoms with Crippen LogP contribution in [0.4, 0.5) is 0 Å². The van der Waals surface area contributed by atoms with Gasteiger partial charge in [-0.05, 0) is 40.9 Å². The number of hydrogen-bond acceptors (Lipinski definition) is 5. The zero-order valence-electron chi connectivity index (χ0n) is 10.4. The van der Waals surface area contributed by atoms with E-state index in [-0.39, 0.29) is 11.7 Å². The second kappa shape index (κ2) is 4.63. The van der Waals surface area contributed by atoms with Crippen molar-refractivity contribution in [2.24, 2.45) is 5.92 Å². The van der Waals surface area contributed by atoms with E-state index in [1.54, 1.807) is 11.8 Å². The number of Topliss-reactive ketones (excluding diaryl/α,β-unsaturated/α-hetero) is 1. The lowest BCUT2D eigenvalue weighted by Gasteiger charge is -2.06. The number of ketones is 1. The fourth-order valence-electron chi connectivity index (χ4n) is 2.32. The number of carbonyl (C=O) groups excluding carboxylic acids is 1. The number of rotatable bonds is 3. The molecular weight excluding hydrogens is 342 g/mol. The van der Waals surface area contributed by atoms with Gasteiger partial charge in [-0.1, -0.05) is 16.9 Å². The van der Waals surface area contributed by atoms with Gasteiger partial charge in [-0.3, -0.25) is 4.79 Å². The lowest BCUT2D eigenvalue weighted by Crippen LogP contribution is -2.01. The summed E-state index contributed by atoms with van der Waals surface area (Å²) in [6.45, 7) is 0. The van der Waals surface area contributed by atoms with Crippen LogP contribution in [0.15, 0.2) is 32.2 Å². The average molecular weight is 352 g/mol. The van der Waals surface area contributed by atoms with Crippen molar-refractivity contribution in [2.75, 3.05) is 5.94 Å². The molecule has 0 atom stereocenters. The summed E-state index contributed by atoms with van der Waals surface area (Å²) in [6, 6.07) is 3.85. The first-order valence-corrected chi connectivity index (χ1v) is 8.11. The zero-order valence-corrected chi connectivity index (χ0v) is 12.8. The molecule has 1 saturated carbocycles. The Balaban J connectivity index is 1.85. The number of fused-ring (bicyclic) bond motifs is 1. The van der Waals surface area contributed by atoms with Gasteiger partial charge in [0.25, 0.3) is 0 Å². The van der Waals surface area contributed by atoms with Crippen molar-refractivity contribution in [3.05, 3.63) is 28.4 Å². The van der Waals surface area contributed by atoms with Crippen molar-refractivity contribution in [1.29, 1.82) is 0 Å². The summed E-state index contributed by atoms with van der Waals surface area (Å²) in [5.41, 5.74) is 1.47. The summed E-state index contributed by atoms with van der Waals surface area (Å²) < 4.78 is 11.9. The number of aromatic nitrogens is 1. The fourth-order valence-corrected chi connectivity index (χ4v) is 3.80. The van der Waals surface area contributed by atoms with Gasteiger partial charge in [0.15, 0.2) is 11.5 Å². The summed E-state index contributed by atoms with van der Waals surface area (Å²) >= 11 is 5.07. The molecule has 20 heavy (non-hydrogen) atoms. The van der Waals surface area contributed by atoms with Crippen molar-refractivity contribution < 1.29 is 14.1 Å². The minimum Gasteiger partial charge on any atom is -0.480 e. The van der Waals surface area contributed by atoms with Crippen LogP contribution in [0.5, 0.6) is 5.75 Å². The number of ether oxygens (including phenoxy) is 1. The van der Waals surface area contributed by atoms with E-state index in [0.717, 1.165) is 33.5 Å². The average Bonchev–Trinajstić information content (AvgIpc) is 2.99. The molecule has 0 N–H and O–H groups in total. The highest BCUT2D eigenvalue weighted by molar-refractivity contribution is 9.10. The predicted octanol–water partition coefficient (Wildman–Crippen LogP) is 4.14. The Kier molecular flexibility index (Phi) is 2.89. The molecule has 1 aliphatic carbocycles. The van der Waals surface area contributed by atoms with Crippen LogP contribution in [0, 0.1) is 5.92 Å². The normalized spacial score (nSPS) is 16.9. The molecule has 102 valence electrons. The van der Waals surface area contributed by atoms with Crippen molar-refractivity contribution in [3.63, 3.8) is 0 Å². The van der Waals surface area contributed by atoms with Crippen LogP contribution in [0.25, 0.3) is 11.3 Å². The van der Waals surface area contributed by atoms with Gasteiger partial charge < -0.3 is 9.26 Å². The van der Waals surface area contributed by atoms with Gasteiger partial charge in [0.05, 0.1) is 21.1 Å². The maximum absolute atomic E-state index is 12.3. The van der Waals surface area contributed by atoms with Gasteiger partial charge in [-0.25, -0.2) is 0 Å². The van der Waals surface area contributed by atoms with Crippen LogP contribution in [-0.2, 0) is 0 Å². The van der Waals surface area contributed by atoms with Crippen molar-refractivity contribution >= 4 is 33.5 Å². The Morgan fingerprint density at radius 3 is 3.05 bits per heavy atom. The maximum Gasteiger partial charge on any atom is 0.178 e. The Morgan fingerprint density at radius 2 is 2.25 bits per heavy atom. The van der Waals surface area contributed by atoms with Crippen molar-refractivity contribution in [3.8, 4) is 17.1 Å². The van der Waals surface area contributed by atoms with Crippen LogP contribution in [0.1, 0.15) is 23.2 Å². The summed E-state index contributed by atoms with van der Waals surface area (Å²) in [5.74, 6) is 2.24. The highest BCUT2D eigenvalue weighted by Gasteiger charge is 2.34. The number of benzene rings is 1. The third kappa shape index (κ3) is 1.90. The lowest BCUT2D eigenvalue weighted by atomic mass is 10.0. The molecule has 1 fully saturated rings. The summed E-state index contributed by atoms with van der Waals surface area (Å²) in [4.78, 5) is 13.3. The molecule has 2 aromatic rings. The van der Waals surface area contributed by atoms with E-state index < -0.39 is 0 Å². The molecule has 1 aliphatic heterocycles. The van der Waals surface area contributed by atoms with E-state index in [0.29, 0.717) is 17.3 Å². The zero-order chi connectivity index (χ0) is 13.7. The summed E-state index contributed by atoms with van der Waals surface area (Å²) in [6.07, 6.45) is 3.48. The first-order chi connectivity index (χ1) is 9.75. The van der Waals surface area contributed by atoms with E-state index in [9.17, 15) is 4.79 Å². The van der Waals surface area contributed by atoms with Gasteiger partial charge in [0.2, 0.25) is 0 Å². The number of thioether (sulfide) groups is 1. The van der Waals surface area contributed by atoms with E-state index in [1.807, 2.05) is 12.1 Å². The van der Waals surface area contributed by atoms with Gasteiger partial charge in [0, 0.05) is 11.5 Å². The molecule has 0 saturated heterocycles. The van der Waals surface area contributed by atoms with Crippen LogP contribution in [0.3, 0.4) is 0 Å². The van der Waals surface area contributed by atoms with Crippen molar-refractivity contribution in [2.45, 2.75) is 17.7 Å². The van der Waals surface area contributed by atoms with E-state index in [2.05, 4.69) is 21.1 Å². The number of carbonyl (C=O) groups is 1. The molecule has 0 bridgehead atoms. The number of nitrogens with zero attached hydrogens (tertiary/aromatic N) is 1. The molecule has 1 aromatic heterocycles. The molecule has 6 heteroatoms. The third-order valence-electron chi connectivity index (χ3n) is 3.50. The Morgan fingerprint density at radius 1 is 1.40 bits per heavy atom. The van der Waals surface area contributed by atoms with Gasteiger partial charge in [-0.15, -0.1) is 0 Å². The topological polar surface area (TPSA) is 52.3 Å². The van der Waals surface area contributed by atoms with E-state index in [4.69, 9.17) is 9.26 Å². The standard InChI is InChI=1S/C14H10BrNO3S/c15-10-4-3-8(14-13(10)18-6-20-14)12-9(5-16-19-12)11(17)7-1-2-7/h3-5,7H,1-2,6H2. The van der Waals surface area contributed by atoms with E-state index in [1.165, 1.54) is 6.20 Å². The SMILES string of the molecule is O=C(c1cnoc1-c1ccc(Br)c2c1SCO2)C1CC1. The van der Waals surface area contributed by atoms with Gasteiger partial charge >= 0.3 is 0 Å². The second-order valence-corrected chi connectivity index (χ2v) is 6.65. The van der Waals surface area contributed by atoms with Crippen LogP contribution < -0.4 is 4.74 Å².